The molecular weight excluding hydrogens is 188 g/mol. The van der Waals surface area contributed by atoms with Crippen LogP contribution in [0.25, 0.3) is 0 Å². The van der Waals surface area contributed by atoms with Crippen molar-refractivity contribution in [2.24, 2.45) is 0 Å². The minimum absolute atomic E-state index is 0.0974. The van der Waals surface area contributed by atoms with Gasteiger partial charge in [0.2, 0.25) is 5.91 Å². The van der Waals surface area contributed by atoms with Gasteiger partial charge in [0.05, 0.1) is 5.54 Å². The maximum absolute atomic E-state index is 12.4. The van der Waals surface area contributed by atoms with Crippen LogP contribution in [0.4, 0.5) is 0 Å². The van der Waals surface area contributed by atoms with Gasteiger partial charge < -0.3 is 10.2 Å². The van der Waals surface area contributed by atoms with Gasteiger partial charge in [-0.2, -0.15) is 0 Å². The molecule has 1 fully saturated rings. The van der Waals surface area contributed by atoms with Gasteiger partial charge in [0, 0.05) is 11.6 Å². The topological polar surface area (TPSA) is 32.3 Å². The second-order valence-corrected chi connectivity index (χ2v) is 6.04. The van der Waals surface area contributed by atoms with E-state index < -0.39 is 5.54 Å². The summed E-state index contributed by atoms with van der Waals surface area (Å²) in [5.74, 6) is 0.208. The fourth-order valence-electron chi connectivity index (χ4n) is 2.27. The quantitative estimate of drug-likeness (QED) is 0.664. The highest BCUT2D eigenvalue weighted by molar-refractivity contribution is 5.86. The van der Waals surface area contributed by atoms with Gasteiger partial charge in [-0.1, -0.05) is 0 Å². The SMILES string of the molecule is CC1CCNC(C)(C)C(=O)N1C(C)(C)C. The third-order valence-corrected chi connectivity index (χ3v) is 3.05. The molecule has 0 aromatic heterocycles. The van der Waals surface area contributed by atoms with E-state index in [0.717, 1.165) is 13.0 Å². The van der Waals surface area contributed by atoms with Gasteiger partial charge in [-0.3, -0.25) is 4.79 Å². The summed E-state index contributed by atoms with van der Waals surface area (Å²) in [6.45, 7) is 13.3. The first-order valence-corrected chi connectivity index (χ1v) is 5.75. The minimum Gasteiger partial charge on any atom is -0.334 e. The highest BCUT2D eigenvalue weighted by atomic mass is 16.2. The molecule has 0 aromatic carbocycles. The molecule has 1 aliphatic heterocycles. The number of nitrogens with zero attached hydrogens (tertiary/aromatic N) is 1. The van der Waals surface area contributed by atoms with E-state index in [9.17, 15) is 4.79 Å². The highest BCUT2D eigenvalue weighted by Crippen LogP contribution is 2.25. The number of amides is 1. The van der Waals surface area contributed by atoms with Gasteiger partial charge in [0.1, 0.15) is 0 Å². The Morgan fingerprint density at radius 2 is 1.93 bits per heavy atom. The lowest BCUT2D eigenvalue weighted by Crippen LogP contribution is -2.58. The second-order valence-electron chi connectivity index (χ2n) is 6.04. The van der Waals surface area contributed by atoms with Crippen molar-refractivity contribution in [1.82, 2.24) is 10.2 Å². The Morgan fingerprint density at radius 1 is 1.40 bits per heavy atom. The fraction of sp³-hybridized carbons (Fsp3) is 0.917. The van der Waals surface area contributed by atoms with Crippen LogP contribution in [0.2, 0.25) is 0 Å². The summed E-state index contributed by atoms with van der Waals surface area (Å²) < 4.78 is 0. The van der Waals surface area contributed by atoms with E-state index in [1.807, 2.05) is 18.7 Å². The van der Waals surface area contributed by atoms with Gasteiger partial charge in [-0.15, -0.1) is 0 Å². The molecule has 0 aromatic rings. The molecule has 1 saturated heterocycles. The van der Waals surface area contributed by atoms with Crippen LogP contribution in [0.1, 0.15) is 48.0 Å². The minimum atomic E-state index is -0.432. The predicted molar refractivity (Wildman–Crippen MR) is 62.8 cm³/mol. The molecule has 15 heavy (non-hydrogen) atoms. The Bertz CT molecular complexity index is 253. The van der Waals surface area contributed by atoms with E-state index in [2.05, 4.69) is 33.0 Å². The van der Waals surface area contributed by atoms with Gasteiger partial charge >= 0.3 is 0 Å². The molecule has 0 radical (unpaired) electrons. The first-order chi connectivity index (χ1) is 6.66. The van der Waals surface area contributed by atoms with Crippen molar-refractivity contribution >= 4 is 5.91 Å². The van der Waals surface area contributed by atoms with E-state index in [1.54, 1.807) is 0 Å². The smallest absolute Gasteiger partial charge is 0.242 e. The van der Waals surface area contributed by atoms with Crippen LogP contribution in [-0.2, 0) is 4.79 Å². The third-order valence-electron chi connectivity index (χ3n) is 3.05. The normalized spacial score (nSPS) is 27.7. The first kappa shape index (κ1) is 12.5. The maximum atomic E-state index is 12.4. The zero-order valence-electron chi connectivity index (χ0n) is 10.8. The lowest BCUT2D eigenvalue weighted by Gasteiger charge is -2.42. The molecule has 1 amide bonds. The van der Waals surface area contributed by atoms with Crippen molar-refractivity contribution in [3.63, 3.8) is 0 Å². The summed E-state index contributed by atoms with van der Waals surface area (Å²) in [5.41, 5.74) is -0.530. The van der Waals surface area contributed by atoms with Crippen LogP contribution >= 0.6 is 0 Å². The van der Waals surface area contributed by atoms with Crippen LogP contribution in [0.5, 0.6) is 0 Å². The van der Waals surface area contributed by atoms with Crippen molar-refractivity contribution in [1.29, 1.82) is 0 Å². The van der Waals surface area contributed by atoms with Crippen LogP contribution in [-0.4, -0.2) is 34.5 Å². The van der Waals surface area contributed by atoms with Gasteiger partial charge in [0.15, 0.2) is 0 Å². The maximum Gasteiger partial charge on any atom is 0.242 e. The van der Waals surface area contributed by atoms with Crippen molar-refractivity contribution in [2.45, 2.75) is 65.1 Å². The third kappa shape index (κ3) is 2.51. The van der Waals surface area contributed by atoms with Crippen molar-refractivity contribution < 1.29 is 4.79 Å². The van der Waals surface area contributed by atoms with Gasteiger partial charge in [-0.05, 0) is 54.5 Å². The molecule has 1 N–H and O–H groups in total. The number of rotatable bonds is 0. The van der Waals surface area contributed by atoms with Gasteiger partial charge in [-0.25, -0.2) is 0 Å². The van der Waals surface area contributed by atoms with E-state index in [-0.39, 0.29) is 11.4 Å². The number of nitrogens with one attached hydrogen (secondary N) is 1. The molecule has 0 bridgehead atoms. The van der Waals surface area contributed by atoms with E-state index in [0.29, 0.717) is 6.04 Å². The largest absolute Gasteiger partial charge is 0.334 e. The molecule has 3 nitrogen and oxygen atoms in total. The molecule has 0 spiro atoms. The summed E-state index contributed by atoms with van der Waals surface area (Å²) in [4.78, 5) is 14.4. The van der Waals surface area contributed by atoms with E-state index >= 15 is 0 Å². The number of carbonyl (C=O) groups is 1. The standard InChI is InChI=1S/C12H24N2O/c1-9-7-8-13-12(5,6)10(15)14(9)11(2,3)4/h9,13H,7-8H2,1-6H3. The summed E-state index contributed by atoms with van der Waals surface area (Å²) in [6, 6.07) is 0.312. The van der Waals surface area contributed by atoms with Crippen LogP contribution in [0.15, 0.2) is 0 Å². The van der Waals surface area contributed by atoms with Crippen molar-refractivity contribution in [2.75, 3.05) is 6.54 Å². The summed E-state index contributed by atoms with van der Waals surface area (Å²) in [6.07, 6.45) is 1.02. The van der Waals surface area contributed by atoms with E-state index in [4.69, 9.17) is 0 Å². The Labute approximate surface area is 93.2 Å². The average molecular weight is 212 g/mol. The van der Waals surface area contributed by atoms with Crippen LogP contribution in [0, 0.1) is 0 Å². The average Bonchev–Trinajstić information content (AvgIpc) is 2.08. The zero-order valence-corrected chi connectivity index (χ0v) is 10.8. The van der Waals surface area contributed by atoms with Crippen molar-refractivity contribution in [3.05, 3.63) is 0 Å². The van der Waals surface area contributed by atoms with E-state index in [1.165, 1.54) is 0 Å². The lowest BCUT2D eigenvalue weighted by molar-refractivity contribution is -0.143. The molecule has 1 rings (SSSR count). The molecular formula is C12H24N2O. The van der Waals surface area contributed by atoms with Crippen molar-refractivity contribution in [3.8, 4) is 0 Å². The Balaban J connectivity index is 3.04. The number of hydrogen-bond donors (Lipinski definition) is 1. The first-order valence-electron chi connectivity index (χ1n) is 5.75. The lowest BCUT2D eigenvalue weighted by atomic mass is 9.97. The molecule has 1 heterocycles. The Morgan fingerprint density at radius 3 is 2.40 bits per heavy atom. The number of carbonyl (C=O) groups excluding carboxylic acids is 1. The Hall–Kier alpha value is -0.570. The molecule has 1 atom stereocenters. The predicted octanol–water partition coefficient (Wildman–Crippen LogP) is 1.77. The molecule has 3 heteroatoms. The fourth-order valence-corrected chi connectivity index (χ4v) is 2.27. The monoisotopic (exact) mass is 212 g/mol. The molecule has 88 valence electrons. The van der Waals surface area contributed by atoms with Crippen LogP contribution in [0.3, 0.4) is 0 Å². The molecule has 0 saturated carbocycles. The molecule has 1 unspecified atom stereocenters. The molecule has 1 aliphatic rings. The van der Waals surface area contributed by atoms with Gasteiger partial charge in [0.25, 0.3) is 0 Å². The summed E-state index contributed by atoms with van der Waals surface area (Å²) in [5, 5.41) is 3.31. The molecule has 0 aliphatic carbocycles. The number of hydrogen-bond acceptors (Lipinski definition) is 2. The summed E-state index contributed by atoms with van der Waals surface area (Å²) in [7, 11) is 0. The highest BCUT2D eigenvalue weighted by Gasteiger charge is 2.41. The summed E-state index contributed by atoms with van der Waals surface area (Å²) >= 11 is 0. The van der Waals surface area contributed by atoms with Crippen LogP contribution < -0.4 is 5.32 Å². The zero-order chi connectivity index (χ0) is 11.9. The second kappa shape index (κ2) is 3.78. The Kier molecular flexibility index (Phi) is 3.15.